The summed E-state index contributed by atoms with van der Waals surface area (Å²) in [6.07, 6.45) is 1.50. The zero-order chi connectivity index (χ0) is 12.8. The van der Waals surface area contributed by atoms with E-state index >= 15 is 0 Å². The molecule has 0 saturated carbocycles. The van der Waals surface area contributed by atoms with E-state index in [0.29, 0.717) is 19.4 Å². The number of aliphatic carboxylic acids is 1. The van der Waals surface area contributed by atoms with Crippen molar-refractivity contribution >= 4 is 46.7 Å². The largest absolute Gasteiger partial charge is 0.480 e. The molecule has 0 unspecified atom stereocenters. The number of hydrogen-bond donors (Lipinski definition) is 3. The molecule has 5 nitrogen and oxygen atoms in total. The maximum atomic E-state index is 11.2. The van der Waals surface area contributed by atoms with Crippen molar-refractivity contribution in [1.82, 2.24) is 5.32 Å². The topological polar surface area (TPSA) is 92.4 Å². The van der Waals surface area contributed by atoms with Crippen LogP contribution in [0.2, 0.25) is 0 Å². The fourth-order valence-corrected chi connectivity index (χ4v) is 1.15. The van der Waals surface area contributed by atoms with Crippen LogP contribution in [0.3, 0.4) is 0 Å². The molecule has 0 aliphatic rings. The average Bonchev–Trinajstić information content (AvgIpc) is 2.14. The highest BCUT2D eigenvalue weighted by molar-refractivity contribution is 6.76. The van der Waals surface area contributed by atoms with E-state index < -0.39 is 21.7 Å². The molecule has 0 aliphatic heterocycles. The number of halogens is 3. The number of alkyl halides is 3. The molecule has 16 heavy (non-hydrogen) atoms. The summed E-state index contributed by atoms with van der Waals surface area (Å²) in [7, 11) is 0. The van der Waals surface area contributed by atoms with Crippen molar-refractivity contribution in [1.29, 1.82) is 0 Å². The molecular weight excluding hydrogens is 278 g/mol. The quantitative estimate of drug-likeness (QED) is 0.504. The van der Waals surface area contributed by atoms with E-state index in [0.717, 1.165) is 0 Å². The summed E-state index contributed by atoms with van der Waals surface area (Å²) in [5, 5.41) is 11.0. The minimum Gasteiger partial charge on any atom is -0.480 e. The number of carbonyl (C=O) groups excluding carboxylic acids is 1. The van der Waals surface area contributed by atoms with Crippen molar-refractivity contribution in [2.24, 2.45) is 5.73 Å². The van der Waals surface area contributed by atoms with Gasteiger partial charge in [0.15, 0.2) is 0 Å². The Morgan fingerprint density at radius 1 is 1.31 bits per heavy atom. The van der Waals surface area contributed by atoms with E-state index in [2.05, 4.69) is 5.32 Å². The van der Waals surface area contributed by atoms with Gasteiger partial charge in [-0.15, -0.1) is 0 Å². The second-order valence-corrected chi connectivity index (χ2v) is 5.43. The van der Waals surface area contributed by atoms with E-state index in [4.69, 9.17) is 45.6 Å². The Kier molecular flexibility index (Phi) is 7.06. The molecule has 8 heteroatoms. The molecule has 0 saturated heterocycles. The molecule has 0 bridgehead atoms. The Morgan fingerprint density at radius 2 is 1.88 bits per heavy atom. The molecule has 0 rings (SSSR count). The van der Waals surface area contributed by atoms with Crippen LogP contribution in [-0.2, 0) is 9.59 Å². The number of nitrogens with two attached hydrogens (primary N) is 1. The molecule has 0 aromatic carbocycles. The van der Waals surface area contributed by atoms with Gasteiger partial charge in [-0.05, 0) is 25.8 Å². The zero-order valence-electron chi connectivity index (χ0n) is 8.38. The molecule has 0 aromatic rings. The highest BCUT2D eigenvalue weighted by Crippen LogP contribution is 2.26. The Bertz CT molecular complexity index is 255. The van der Waals surface area contributed by atoms with Crippen LogP contribution in [0.1, 0.15) is 19.3 Å². The zero-order valence-corrected chi connectivity index (χ0v) is 10.6. The molecule has 0 aliphatic carbocycles. The van der Waals surface area contributed by atoms with Crippen LogP contribution in [0.15, 0.2) is 0 Å². The lowest BCUT2D eigenvalue weighted by molar-refractivity contribution is -0.141. The number of rotatable bonds is 6. The van der Waals surface area contributed by atoms with Gasteiger partial charge in [-0.1, -0.05) is 34.8 Å². The molecule has 0 heterocycles. The molecule has 1 amide bonds. The van der Waals surface area contributed by atoms with Gasteiger partial charge in [-0.25, -0.2) is 4.79 Å². The number of hydrogen-bond acceptors (Lipinski definition) is 3. The monoisotopic (exact) mass is 290 g/mol. The standard InChI is InChI=1S/C8H13Cl3N2O3/c9-8(10,11)7(16)13-5(6(14)15)3-1-2-4-12/h5H,1-4,12H2,(H,13,16)(H,14,15)/t5-/m1/s1. The van der Waals surface area contributed by atoms with Gasteiger partial charge in [-0.3, -0.25) is 4.79 Å². The number of carboxylic acid groups (broad SMARTS) is 1. The predicted molar refractivity (Wildman–Crippen MR) is 62.8 cm³/mol. The molecule has 0 aromatic heterocycles. The minimum absolute atomic E-state index is 0.249. The van der Waals surface area contributed by atoms with E-state index in [1.165, 1.54) is 0 Å². The van der Waals surface area contributed by atoms with Crippen molar-refractivity contribution < 1.29 is 14.7 Å². The lowest BCUT2D eigenvalue weighted by Gasteiger charge is -2.17. The SMILES string of the molecule is NCCCC[C@@H](NC(=O)C(Cl)(Cl)Cl)C(=O)O. The highest BCUT2D eigenvalue weighted by atomic mass is 35.6. The third-order valence-corrected chi connectivity index (χ3v) is 2.32. The Morgan fingerprint density at radius 3 is 2.25 bits per heavy atom. The van der Waals surface area contributed by atoms with Crippen molar-refractivity contribution in [2.75, 3.05) is 6.54 Å². The molecule has 1 atom stereocenters. The predicted octanol–water partition coefficient (Wildman–Crippen LogP) is 1.06. The molecule has 4 N–H and O–H groups in total. The normalized spacial score (nSPS) is 13.2. The summed E-state index contributed by atoms with van der Waals surface area (Å²) in [4.78, 5) is 22.0. The molecule has 0 radical (unpaired) electrons. The summed E-state index contributed by atoms with van der Waals surface area (Å²) < 4.78 is -2.15. The summed E-state index contributed by atoms with van der Waals surface area (Å²) in [6, 6.07) is -1.06. The first-order valence-corrected chi connectivity index (χ1v) is 5.73. The number of carbonyl (C=O) groups is 2. The first-order chi connectivity index (χ1) is 7.29. The number of nitrogens with one attached hydrogen (secondary N) is 1. The number of carboxylic acids is 1. The fourth-order valence-electron chi connectivity index (χ4n) is 0.990. The first-order valence-electron chi connectivity index (χ1n) is 4.59. The van der Waals surface area contributed by atoms with E-state index in [1.807, 2.05) is 0 Å². The molecular formula is C8H13Cl3N2O3. The summed E-state index contributed by atoms with van der Waals surface area (Å²) in [6.45, 7) is 0.463. The second-order valence-electron chi connectivity index (χ2n) is 3.15. The first kappa shape index (κ1) is 15.8. The highest BCUT2D eigenvalue weighted by Gasteiger charge is 2.33. The van der Waals surface area contributed by atoms with Crippen molar-refractivity contribution in [3.05, 3.63) is 0 Å². The summed E-state index contributed by atoms with van der Waals surface area (Å²) >= 11 is 15.9. The summed E-state index contributed by atoms with van der Waals surface area (Å²) in [5.41, 5.74) is 5.26. The van der Waals surface area contributed by atoms with Gasteiger partial charge in [0.2, 0.25) is 0 Å². The maximum Gasteiger partial charge on any atom is 0.326 e. The Balaban J connectivity index is 4.24. The van der Waals surface area contributed by atoms with Crippen LogP contribution in [-0.4, -0.2) is 33.4 Å². The van der Waals surface area contributed by atoms with Gasteiger partial charge in [0.05, 0.1) is 0 Å². The average molecular weight is 292 g/mol. The maximum absolute atomic E-state index is 11.2. The Hall–Kier alpha value is -0.230. The third-order valence-electron chi connectivity index (χ3n) is 1.81. The number of unbranched alkanes of at least 4 members (excludes halogenated alkanes) is 1. The lowest BCUT2D eigenvalue weighted by atomic mass is 10.1. The molecule has 0 spiro atoms. The number of amides is 1. The Labute approximate surface area is 108 Å². The van der Waals surface area contributed by atoms with Gasteiger partial charge in [0.1, 0.15) is 6.04 Å². The molecule has 94 valence electrons. The van der Waals surface area contributed by atoms with Crippen LogP contribution >= 0.6 is 34.8 Å². The van der Waals surface area contributed by atoms with Crippen molar-refractivity contribution in [3.8, 4) is 0 Å². The van der Waals surface area contributed by atoms with Crippen LogP contribution in [0, 0.1) is 0 Å². The van der Waals surface area contributed by atoms with Crippen molar-refractivity contribution in [2.45, 2.75) is 29.1 Å². The fraction of sp³-hybridized carbons (Fsp3) is 0.750. The van der Waals surface area contributed by atoms with Gasteiger partial charge in [-0.2, -0.15) is 0 Å². The van der Waals surface area contributed by atoms with Crippen LogP contribution in [0.5, 0.6) is 0 Å². The minimum atomic E-state index is -2.15. The van der Waals surface area contributed by atoms with E-state index in [1.54, 1.807) is 0 Å². The van der Waals surface area contributed by atoms with Gasteiger partial charge in [0.25, 0.3) is 9.70 Å². The smallest absolute Gasteiger partial charge is 0.326 e. The van der Waals surface area contributed by atoms with E-state index in [-0.39, 0.29) is 6.42 Å². The van der Waals surface area contributed by atoms with E-state index in [9.17, 15) is 9.59 Å². The van der Waals surface area contributed by atoms with Crippen molar-refractivity contribution in [3.63, 3.8) is 0 Å². The lowest BCUT2D eigenvalue weighted by Crippen LogP contribution is -2.45. The van der Waals surface area contributed by atoms with Crippen LogP contribution in [0.4, 0.5) is 0 Å². The van der Waals surface area contributed by atoms with Gasteiger partial charge in [0, 0.05) is 0 Å². The second kappa shape index (κ2) is 7.17. The van der Waals surface area contributed by atoms with Gasteiger partial charge >= 0.3 is 5.97 Å². The van der Waals surface area contributed by atoms with Crippen LogP contribution < -0.4 is 11.1 Å². The van der Waals surface area contributed by atoms with Crippen LogP contribution in [0.25, 0.3) is 0 Å². The third kappa shape index (κ3) is 6.37. The molecule has 0 fully saturated rings. The summed E-state index contributed by atoms with van der Waals surface area (Å²) in [5.74, 6) is -2.11. The van der Waals surface area contributed by atoms with Gasteiger partial charge < -0.3 is 16.2 Å².